The molecular weight excluding hydrogens is 247 g/mol. The Morgan fingerprint density at radius 3 is 2.59 bits per heavy atom. The quantitative estimate of drug-likeness (QED) is 0.428. The SMILES string of the molecule is O=c1[nH]cc(CC=CCCP(=O)(O)O)c(=O)[nH]1. The maximum atomic E-state index is 11.2. The fourth-order valence-electron chi connectivity index (χ4n) is 1.16. The number of allylic oxidation sites excluding steroid dienone is 2. The highest BCUT2D eigenvalue weighted by atomic mass is 31.2. The van der Waals surface area contributed by atoms with Gasteiger partial charge in [-0.15, -0.1) is 0 Å². The molecular formula is C9H13N2O5P. The molecule has 4 N–H and O–H groups in total. The standard InChI is InChI=1S/C9H13N2O5P/c12-8-7(6-10-9(13)11-8)4-2-1-3-5-17(14,15)16/h1-2,6H,3-5H2,(H2,14,15,16)(H2,10,11,12,13). The Morgan fingerprint density at radius 1 is 1.29 bits per heavy atom. The molecule has 0 unspecified atom stereocenters. The minimum absolute atomic E-state index is 0.217. The predicted octanol–water partition coefficient (Wildman–Crippen LogP) is -0.270. The topological polar surface area (TPSA) is 123 Å². The van der Waals surface area contributed by atoms with E-state index in [1.807, 2.05) is 0 Å². The summed E-state index contributed by atoms with van der Waals surface area (Å²) in [4.78, 5) is 43.5. The van der Waals surface area contributed by atoms with Gasteiger partial charge in [-0.2, -0.15) is 0 Å². The van der Waals surface area contributed by atoms with E-state index in [-0.39, 0.29) is 12.6 Å². The summed E-state index contributed by atoms with van der Waals surface area (Å²) >= 11 is 0. The van der Waals surface area contributed by atoms with Crippen LogP contribution in [0.5, 0.6) is 0 Å². The zero-order valence-electron chi connectivity index (χ0n) is 8.92. The zero-order chi connectivity index (χ0) is 12.9. The second-order valence-corrected chi connectivity index (χ2v) is 5.23. The van der Waals surface area contributed by atoms with Crippen LogP contribution >= 0.6 is 7.60 Å². The first kappa shape index (κ1) is 13.6. The van der Waals surface area contributed by atoms with Crippen molar-refractivity contribution >= 4 is 7.60 Å². The first-order valence-electron chi connectivity index (χ1n) is 4.89. The fourth-order valence-corrected chi connectivity index (χ4v) is 1.65. The Hall–Kier alpha value is -1.43. The lowest BCUT2D eigenvalue weighted by Crippen LogP contribution is -2.24. The number of hydrogen-bond acceptors (Lipinski definition) is 3. The molecule has 94 valence electrons. The van der Waals surface area contributed by atoms with Crippen molar-refractivity contribution in [2.75, 3.05) is 6.16 Å². The molecule has 7 nitrogen and oxygen atoms in total. The van der Waals surface area contributed by atoms with Crippen LogP contribution in [-0.4, -0.2) is 25.9 Å². The van der Waals surface area contributed by atoms with Crippen molar-refractivity contribution in [3.63, 3.8) is 0 Å². The summed E-state index contributed by atoms with van der Waals surface area (Å²) in [6.07, 6.45) is 4.85. The molecule has 0 spiro atoms. The van der Waals surface area contributed by atoms with Crippen molar-refractivity contribution in [2.45, 2.75) is 12.8 Å². The molecule has 0 amide bonds. The Balaban J connectivity index is 2.51. The van der Waals surface area contributed by atoms with Gasteiger partial charge in [0, 0.05) is 11.8 Å². The third-order valence-corrected chi connectivity index (χ3v) is 2.83. The molecule has 1 heterocycles. The highest BCUT2D eigenvalue weighted by Crippen LogP contribution is 2.34. The first-order valence-corrected chi connectivity index (χ1v) is 6.69. The van der Waals surface area contributed by atoms with Gasteiger partial charge in [-0.25, -0.2) is 4.79 Å². The number of aromatic amines is 2. The summed E-state index contributed by atoms with van der Waals surface area (Å²) in [6.45, 7) is 0. The number of H-pyrrole nitrogens is 2. The van der Waals surface area contributed by atoms with Crippen LogP contribution in [0.4, 0.5) is 0 Å². The average molecular weight is 260 g/mol. The summed E-state index contributed by atoms with van der Waals surface area (Å²) in [7, 11) is -3.96. The predicted molar refractivity (Wildman–Crippen MR) is 62.1 cm³/mol. The molecule has 0 saturated carbocycles. The summed E-state index contributed by atoms with van der Waals surface area (Å²) in [5.41, 5.74) is -0.644. The second kappa shape index (κ2) is 5.77. The summed E-state index contributed by atoms with van der Waals surface area (Å²) in [5, 5.41) is 0. The molecule has 0 aliphatic carbocycles. The fraction of sp³-hybridized carbons (Fsp3) is 0.333. The van der Waals surface area contributed by atoms with Crippen molar-refractivity contribution in [3.8, 4) is 0 Å². The van der Waals surface area contributed by atoms with E-state index in [1.165, 1.54) is 6.20 Å². The highest BCUT2D eigenvalue weighted by Gasteiger charge is 2.09. The van der Waals surface area contributed by atoms with E-state index in [0.717, 1.165) is 0 Å². The van der Waals surface area contributed by atoms with Gasteiger partial charge < -0.3 is 14.8 Å². The lowest BCUT2D eigenvalue weighted by Gasteiger charge is -1.99. The van der Waals surface area contributed by atoms with Gasteiger partial charge in [0.25, 0.3) is 5.56 Å². The molecule has 0 radical (unpaired) electrons. The molecule has 1 aromatic heterocycles. The van der Waals surface area contributed by atoms with Crippen molar-refractivity contribution < 1.29 is 14.4 Å². The Labute approximate surface area is 96.4 Å². The third kappa shape index (κ3) is 5.44. The normalized spacial score (nSPS) is 12.1. The Kier molecular flexibility index (Phi) is 4.62. The molecule has 0 fully saturated rings. The zero-order valence-corrected chi connectivity index (χ0v) is 9.81. The number of aromatic nitrogens is 2. The van der Waals surface area contributed by atoms with E-state index in [1.54, 1.807) is 12.2 Å². The van der Waals surface area contributed by atoms with Gasteiger partial charge >= 0.3 is 13.3 Å². The van der Waals surface area contributed by atoms with Gasteiger partial charge in [0.15, 0.2) is 0 Å². The lowest BCUT2D eigenvalue weighted by molar-refractivity contribution is 0.373. The average Bonchev–Trinajstić information content (AvgIpc) is 2.18. The van der Waals surface area contributed by atoms with Crippen LogP contribution < -0.4 is 11.2 Å². The summed E-state index contributed by atoms with van der Waals surface area (Å²) < 4.78 is 10.5. The lowest BCUT2D eigenvalue weighted by atomic mass is 10.2. The van der Waals surface area contributed by atoms with Crippen LogP contribution in [0.2, 0.25) is 0 Å². The molecule has 0 saturated heterocycles. The first-order chi connectivity index (χ1) is 7.88. The van der Waals surface area contributed by atoms with Crippen LogP contribution in [0, 0.1) is 0 Å². The van der Waals surface area contributed by atoms with E-state index in [4.69, 9.17) is 9.79 Å². The molecule has 1 aromatic rings. The van der Waals surface area contributed by atoms with E-state index in [9.17, 15) is 14.2 Å². The van der Waals surface area contributed by atoms with Crippen LogP contribution in [0.15, 0.2) is 27.9 Å². The van der Waals surface area contributed by atoms with Crippen molar-refractivity contribution in [1.29, 1.82) is 0 Å². The molecule has 8 heteroatoms. The Bertz CT molecular complexity index is 553. The molecule has 0 aliphatic rings. The van der Waals surface area contributed by atoms with E-state index < -0.39 is 18.8 Å². The van der Waals surface area contributed by atoms with Crippen LogP contribution in [-0.2, 0) is 11.0 Å². The van der Waals surface area contributed by atoms with Gasteiger partial charge in [0.05, 0.1) is 6.16 Å². The van der Waals surface area contributed by atoms with Gasteiger partial charge in [-0.05, 0) is 12.8 Å². The second-order valence-electron chi connectivity index (χ2n) is 3.45. The number of hydrogen-bond donors (Lipinski definition) is 4. The number of rotatable bonds is 5. The van der Waals surface area contributed by atoms with Crippen LogP contribution in [0.25, 0.3) is 0 Å². The monoisotopic (exact) mass is 260 g/mol. The van der Waals surface area contributed by atoms with Crippen molar-refractivity contribution in [2.24, 2.45) is 0 Å². The molecule has 0 aromatic carbocycles. The van der Waals surface area contributed by atoms with E-state index >= 15 is 0 Å². The van der Waals surface area contributed by atoms with Crippen molar-refractivity contribution in [3.05, 3.63) is 44.8 Å². The molecule has 1 rings (SSSR count). The van der Waals surface area contributed by atoms with Gasteiger partial charge in [0.2, 0.25) is 0 Å². The molecule has 17 heavy (non-hydrogen) atoms. The maximum Gasteiger partial charge on any atom is 0.325 e. The van der Waals surface area contributed by atoms with Gasteiger partial charge in [-0.1, -0.05) is 12.2 Å². The minimum Gasteiger partial charge on any atom is -0.324 e. The largest absolute Gasteiger partial charge is 0.325 e. The van der Waals surface area contributed by atoms with Crippen LogP contribution in [0.1, 0.15) is 12.0 Å². The van der Waals surface area contributed by atoms with Gasteiger partial charge in [-0.3, -0.25) is 14.3 Å². The molecule has 0 aliphatic heterocycles. The van der Waals surface area contributed by atoms with Crippen LogP contribution in [0.3, 0.4) is 0 Å². The van der Waals surface area contributed by atoms with E-state index in [2.05, 4.69) is 9.97 Å². The summed E-state index contributed by atoms with van der Waals surface area (Å²) in [6, 6.07) is 0. The summed E-state index contributed by atoms with van der Waals surface area (Å²) in [5.74, 6) is 0. The smallest absolute Gasteiger partial charge is 0.324 e. The highest BCUT2D eigenvalue weighted by molar-refractivity contribution is 7.51. The van der Waals surface area contributed by atoms with Crippen molar-refractivity contribution in [1.82, 2.24) is 9.97 Å². The molecule has 0 bridgehead atoms. The van der Waals surface area contributed by atoms with E-state index in [0.29, 0.717) is 12.0 Å². The third-order valence-electron chi connectivity index (χ3n) is 1.99. The molecule has 0 atom stereocenters. The van der Waals surface area contributed by atoms with Gasteiger partial charge in [0.1, 0.15) is 0 Å². The minimum atomic E-state index is -3.96. The number of nitrogens with one attached hydrogen (secondary N) is 2. The maximum absolute atomic E-state index is 11.2. The Morgan fingerprint density at radius 2 is 2.00 bits per heavy atom.